The average molecular weight is 320 g/mol. The van der Waals surface area contributed by atoms with Crippen LogP contribution in [0.1, 0.15) is 16.7 Å². The Hall–Kier alpha value is -1.48. The number of hydrogen-bond donors (Lipinski definition) is 1. The van der Waals surface area contributed by atoms with E-state index in [9.17, 15) is 5.11 Å². The van der Waals surface area contributed by atoms with Crippen LogP contribution in [-0.2, 0) is 13.2 Å². The third kappa shape index (κ3) is 2.67. The molecule has 0 aliphatic rings. The molecule has 1 N–H and O–H groups in total. The van der Waals surface area contributed by atoms with Crippen molar-refractivity contribution in [2.24, 2.45) is 0 Å². The van der Waals surface area contributed by atoms with Crippen LogP contribution in [0.15, 0.2) is 42.6 Å². The lowest BCUT2D eigenvalue weighted by Gasteiger charge is -2.08. The first kappa shape index (κ1) is 14.5. The van der Waals surface area contributed by atoms with Crippen LogP contribution in [0.4, 0.5) is 0 Å². The van der Waals surface area contributed by atoms with E-state index in [1.807, 2.05) is 36.5 Å². The monoisotopic (exact) mass is 319 g/mol. The molecule has 3 aromatic rings. The summed E-state index contributed by atoms with van der Waals surface area (Å²) in [5.41, 5.74) is 4.35. The fraction of sp³-hybridized carbons (Fsp3) is 0.176. The average Bonchev–Trinajstić information content (AvgIpc) is 2.82. The fourth-order valence-electron chi connectivity index (χ4n) is 2.71. The SMILES string of the molecule is Cc1cccc2c(CO)cn(Cc3ccc(Cl)c(Cl)c3)c12. The zero-order chi connectivity index (χ0) is 15.0. The maximum atomic E-state index is 9.53. The van der Waals surface area contributed by atoms with Gasteiger partial charge in [0.1, 0.15) is 0 Å². The normalized spacial score (nSPS) is 11.2. The summed E-state index contributed by atoms with van der Waals surface area (Å²) in [6, 6.07) is 11.8. The smallest absolute Gasteiger partial charge is 0.0702 e. The third-order valence-corrected chi connectivity index (χ3v) is 4.43. The molecule has 21 heavy (non-hydrogen) atoms. The van der Waals surface area contributed by atoms with E-state index in [2.05, 4.69) is 17.6 Å². The predicted octanol–water partition coefficient (Wildman–Crippen LogP) is 4.80. The summed E-state index contributed by atoms with van der Waals surface area (Å²) in [4.78, 5) is 0. The molecule has 2 nitrogen and oxygen atoms in total. The van der Waals surface area contributed by atoms with Crippen molar-refractivity contribution < 1.29 is 5.11 Å². The molecule has 3 rings (SSSR count). The summed E-state index contributed by atoms with van der Waals surface area (Å²) in [6.45, 7) is 2.81. The van der Waals surface area contributed by atoms with Crippen molar-refractivity contribution in [1.29, 1.82) is 0 Å². The molecule has 1 aromatic heterocycles. The van der Waals surface area contributed by atoms with Gasteiger partial charge in [-0.2, -0.15) is 0 Å². The summed E-state index contributed by atoms with van der Waals surface area (Å²) < 4.78 is 2.15. The molecule has 0 atom stereocenters. The van der Waals surface area contributed by atoms with E-state index < -0.39 is 0 Å². The van der Waals surface area contributed by atoms with Crippen molar-refractivity contribution in [1.82, 2.24) is 4.57 Å². The fourth-order valence-corrected chi connectivity index (χ4v) is 3.03. The molecule has 0 bridgehead atoms. The molecule has 0 unspecified atom stereocenters. The number of hydrogen-bond acceptors (Lipinski definition) is 1. The molecular weight excluding hydrogens is 305 g/mol. The molecule has 4 heteroatoms. The Kier molecular flexibility index (Phi) is 3.94. The highest BCUT2D eigenvalue weighted by atomic mass is 35.5. The second-order valence-corrected chi connectivity index (χ2v) is 5.97. The highest BCUT2D eigenvalue weighted by Gasteiger charge is 2.10. The molecule has 108 valence electrons. The van der Waals surface area contributed by atoms with Gasteiger partial charge < -0.3 is 9.67 Å². The Labute approximate surface area is 133 Å². The maximum absolute atomic E-state index is 9.53. The van der Waals surface area contributed by atoms with Gasteiger partial charge in [-0.1, -0.05) is 47.5 Å². The van der Waals surface area contributed by atoms with Gasteiger partial charge in [-0.05, 0) is 30.2 Å². The Balaban J connectivity index is 2.10. The zero-order valence-electron chi connectivity index (χ0n) is 11.6. The lowest BCUT2D eigenvalue weighted by atomic mass is 10.1. The van der Waals surface area contributed by atoms with Crippen LogP contribution in [0.2, 0.25) is 10.0 Å². The largest absolute Gasteiger partial charge is 0.392 e. The number of aromatic nitrogens is 1. The second kappa shape index (κ2) is 5.72. The van der Waals surface area contributed by atoms with Crippen LogP contribution in [-0.4, -0.2) is 9.67 Å². The molecule has 0 aliphatic heterocycles. The van der Waals surface area contributed by atoms with E-state index >= 15 is 0 Å². The lowest BCUT2D eigenvalue weighted by molar-refractivity contribution is 0.283. The molecule has 2 aromatic carbocycles. The molecular formula is C17H15Cl2NO. The van der Waals surface area contributed by atoms with Crippen molar-refractivity contribution in [3.63, 3.8) is 0 Å². The summed E-state index contributed by atoms with van der Waals surface area (Å²) in [7, 11) is 0. The van der Waals surface area contributed by atoms with E-state index in [4.69, 9.17) is 23.2 Å². The lowest BCUT2D eigenvalue weighted by Crippen LogP contribution is -1.99. The molecule has 0 fully saturated rings. The summed E-state index contributed by atoms with van der Waals surface area (Å²) >= 11 is 12.0. The van der Waals surface area contributed by atoms with E-state index in [1.165, 1.54) is 5.56 Å². The van der Waals surface area contributed by atoms with Crippen molar-refractivity contribution in [2.75, 3.05) is 0 Å². The summed E-state index contributed by atoms with van der Waals surface area (Å²) in [6.07, 6.45) is 2.00. The van der Waals surface area contributed by atoms with Crippen molar-refractivity contribution in [3.05, 3.63) is 69.3 Å². The number of aliphatic hydroxyl groups excluding tert-OH is 1. The van der Waals surface area contributed by atoms with Gasteiger partial charge in [-0.3, -0.25) is 0 Å². The highest BCUT2D eigenvalue weighted by molar-refractivity contribution is 6.42. The molecule has 0 amide bonds. The van der Waals surface area contributed by atoms with Gasteiger partial charge in [0.2, 0.25) is 0 Å². The van der Waals surface area contributed by atoms with Crippen LogP contribution in [0.5, 0.6) is 0 Å². The van der Waals surface area contributed by atoms with Crippen LogP contribution >= 0.6 is 23.2 Å². The second-order valence-electron chi connectivity index (χ2n) is 5.16. The highest BCUT2D eigenvalue weighted by Crippen LogP contribution is 2.27. The topological polar surface area (TPSA) is 25.2 Å². The van der Waals surface area contributed by atoms with Crippen molar-refractivity contribution >= 4 is 34.1 Å². The number of rotatable bonds is 3. The Morgan fingerprint density at radius 1 is 1.10 bits per heavy atom. The minimum atomic E-state index is 0.0360. The Bertz CT molecular complexity index is 808. The number of nitrogens with zero attached hydrogens (tertiary/aromatic N) is 1. The number of fused-ring (bicyclic) bond motifs is 1. The standard InChI is InChI=1S/C17H15Cl2NO/c1-11-3-2-4-14-13(10-21)9-20(17(11)14)8-12-5-6-15(18)16(19)7-12/h2-7,9,21H,8,10H2,1H3. The van der Waals surface area contributed by atoms with Gasteiger partial charge in [0.05, 0.1) is 22.2 Å². The van der Waals surface area contributed by atoms with E-state index in [-0.39, 0.29) is 6.61 Å². The van der Waals surface area contributed by atoms with Gasteiger partial charge in [0, 0.05) is 23.7 Å². The first-order chi connectivity index (χ1) is 10.1. The first-order valence-corrected chi connectivity index (χ1v) is 7.48. The van der Waals surface area contributed by atoms with Crippen LogP contribution in [0.25, 0.3) is 10.9 Å². The minimum Gasteiger partial charge on any atom is -0.392 e. The number of halogens is 2. The van der Waals surface area contributed by atoms with Crippen LogP contribution in [0.3, 0.4) is 0 Å². The first-order valence-electron chi connectivity index (χ1n) is 6.72. The van der Waals surface area contributed by atoms with Gasteiger partial charge in [-0.15, -0.1) is 0 Å². The van der Waals surface area contributed by atoms with E-state index in [0.717, 1.165) is 22.0 Å². The van der Waals surface area contributed by atoms with E-state index in [0.29, 0.717) is 16.6 Å². The van der Waals surface area contributed by atoms with E-state index in [1.54, 1.807) is 0 Å². The van der Waals surface area contributed by atoms with Gasteiger partial charge >= 0.3 is 0 Å². The van der Waals surface area contributed by atoms with Crippen LogP contribution < -0.4 is 0 Å². The van der Waals surface area contributed by atoms with Crippen molar-refractivity contribution in [3.8, 4) is 0 Å². The summed E-state index contributed by atoms with van der Waals surface area (Å²) in [5.74, 6) is 0. The van der Waals surface area contributed by atoms with Crippen molar-refractivity contribution in [2.45, 2.75) is 20.1 Å². The number of aliphatic hydroxyl groups is 1. The molecule has 0 saturated heterocycles. The number of benzene rings is 2. The molecule has 0 aliphatic carbocycles. The predicted molar refractivity (Wildman–Crippen MR) is 88.2 cm³/mol. The molecule has 0 radical (unpaired) electrons. The Morgan fingerprint density at radius 2 is 1.90 bits per heavy atom. The van der Waals surface area contributed by atoms with Gasteiger partial charge in [-0.25, -0.2) is 0 Å². The minimum absolute atomic E-state index is 0.0360. The molecule has 0 spiro atoms. The molecule has 0 saturated carbocycles. The van der Waals surface area contributed by atoms with Gasteiger partial charge in [0.25, 0.3) is 0 Å². The van der Waals surface area contributed by atoms with Crippen LogP contribution in [0, 0.1) is 6.92 Å². The molecule has 1 heterocycles. The zero-order valence-corrected chi connectivity index (χ0v) is 13.1. The Morgan fingerprint density at radius 3 is 2.62 bits per heavy atom. The quantitative estimate of drug-likeness (QED) is 0.737. The van der Waals surface area contributed by atoms with Gasteiger partial charge in [0.15, 0.2) is 0 Å². The maximum Gasteiger partial charge on any atom is 0.0702 e. The number of aryl methyl sites for hydroxylation is 1. The third-order valence-electron chi connectivity index (χ3n) is 3.69. The number of para-hydroxylation sites is 1. The summed E-state index contributed by atoms with van der Waals surface area (Å²) in [5, 5.41) is 11.7.